The molecule has 8 heteroatoms. The molecule has 0 amide bonds. The SMILES string of the molecule is CCCCCc1nc(C(CCCC)(OC)OC)nn1Cc1ccc(-c2ccccc2C(=O)O)cn1. The minimum atomic E-state index is -0.974. The zero-order chi connectivity index (χ0) is 25.3. The monoisotopic (exact) mass is 480 g/mol. The van der Waals surface area contributed by atoms with Gasteiger partial charge in [0, 0.05) is 38.8 Å². The fraction of sp³-hybridized carbons (Fsp3) is 0.481. The third-order valence-electron chi connectivity index (χ3n) is 6.22. The highest BCUT2D eigenvalue weighted by Gasteiger charge is 2.37. The predicted molar refractivity (Wildman–Crippen MR) is 134 cm³/mol. The van der Waals surface area contributed by atoms with E-state index in [9.17, 15) is 9.90 Å². The number of aromatic carboxylic acids is 1. The second-order valence-corrected chi connectivity index (χ2v) is 8.62. The van der Waals surface area contributed by atoms with Crippen molar-refractivity contribution in [2.45, 2.75) is 71.1 Å². The highest BCUT2D eigenvalue weighted by molar-refractivity contribution is 5.95. The Morgan fingerprint density at radius 3 is 2.40 bits per heavy atom. The maximum absolute atomic E-state index is 11.6. The molecule has 0 bridgehead atoms. The minimum Gasteiger partial charge on any atom is -0.478 e. The summed E-state index contributed by atoms with van der Waals surface area (Å²) in [5.74, 6) is -0.516. The van der Waals surface area contributed by atoms with Crippen molar-refractivity contribution in [3.8, 4) is 11.1 Å². The molecule has 0 aliphatic carbocycles. The van der Waals surface area contributed by atoms with Gasteiger partial charge in [0.25, 0.3) is 0 Å². The molecule has 3 aromatic rings. The van der Waals surface area contributed by atoms with E-state index in [4.69, 9.17) is 19.6 Å². The lowest BCUT2D eigenvalue weighted by atomic mass is 10.0. The van der Waals surface area contributed by atoms with Crippen LogP contribution in [0.3, 0.4) is 0 Å². The average Bonchev–Trinajstić information content (AvgIpc) is 3.28. The lowest BCUT2D eigenvalue weighted by molar-refractivity contribution is -0.226. The molecule has 0 saturated heterocycles. The quantitative estimate of drug-likeness (QED) is 0.242. The van der Waals surface area contributed by atoms with E-state index < -0.39 is 11.8 Å². The number of hydrogen-bond acceptors (Lipinski definition) is 6. The number of hydrogen-bond donors (Lipinski definition) is 1. The molecule has 2 aromatic heterocycles. The van der Waals surface area contributed by atoms with Gasteiger partial charge in [-0.3, -0.25) is 4.98 Å². The molecule has 3 rings (SSSR count). The molecule has 188 valence electrons. The van der Waals surface area contributed by atoms with Crippen LogP contribution < -0.4 is 0 Å². The molecule has 0 saturated carbocycles. The molecular weight excluding hydrogens is 444 g/mol. The molecule has 8 nitrogen and oxygen atoms in total. The summed E-state index contributed by atoms with van der Waals surface area (Å²) in [4.78, 5) is 21.0. The number of nitrogens with zero attached hydrogens (tertiary/aromatic N) is 4. The van der Waals surface area contributed by atoms with E-state index in [1.165, 1.54) is 0 Å². The Labute approximate surface area is 207 Å². The van der Waals surface area contributed by atoms with Crippen molar-refractivity contribution in [2.75, 3.05) is 14.2 Å². The number of carbonyl (C=O) groups is 1. The van der Waals surface area contributed by atoms with Crippen LogP contribution in [-0.2, 0) is 28.2 Å². The molecule has 0 radical (unpaired) electrons. The Morgan fingerprint density at radius 1 is 1.03 bits per heavy atom. The molecule has 0 aliphatic rings. The largest absolute Gasteiger partial charge is 0.478 e. The van der Waals surface area contributed by atoms with Crippen LogP contribution in [0.4, 0.5) is 0 Å². The fourth-order valence-corrected chi connectivity index (χ4v) is 4.12. The first-order valence-electron chi connectivity index (χ1n) is 12.3. The number of ether oxygens (including phenoxy) is 2. The van der Waals surface area contributed by atoms with Crippen LogP contribution in [0.5, 0.6) is 0 Å². The van der Waals surface area contributed by atoms with Gasteiger partial charge in [-0.25, -0.2) is 14.5 Å². The van der Waals surface area contributed by atoms with Gasteiger partial charge in [-0.05, 0) is 30.5 Å². The van der Waals surface area contributed by atoms with Crippen molar-refractivity contribution < 1.29 is 19.4 Å². The van der Waals surface area contributed by atoms with Crippen LogP contribution in [0.1, 0.15) is 80.1 Å². The van der Waals surface area contributed by atoms with Crippen LogP contribution in [-0.4, -0.2) is 45.0 Å². The van der Waals surface area contributed by atoms with Crippen molar-refractivity contribution in [1.82, 2.24) is 19.7 Å². The zero-order valence-electron chi connectivity index (χ0n) is 21.2. The van der Waals surface area contributed by atoms with Crippen molar-refractivity contribution >= 4 is 5.97 Å². The first kappa shape index (κ1) is 26.5. The Hall–Kier alpha value is -3.10. The van der Waals surface area contributed by atoms with E-state index in [2.05, 4.69) is 18.8 Å². The minimum absolute atomic E-state index is 0.253. The topological polar surface area (TPSA) is 99.4 Å². The predicted octanol–water partition coefficient (Wildman–Crippen LogP) is 5.46. The maximum Gasteiger partial charge on any atom is 0.336 e. The number of pyridine rings is 1. The van der Waals surface area contributed by atoms with Crippen LogP contribution in [0.25, 0.3) is 11.1 Å². The number of carboxylic acid groups (broad SMARTS) is 1. The molecule has 1 N–H and O–H groups in total. The fourth-order valence-electron chi connectivity index (χ4n) is 4.12. The van der Waals surface area contributed by atoms with Gasteiger partial charge in [-0.15, -0.1) is 5.10 Å². The summed E-state index contributed by atoms with van der Waals surface area (Å²) in [6.45, 7) is 4.75. The third-order valence-corrected chi connectivity index (χ3v) is 6.22. The number of unbranched alkanes of at least 4 members (excludes halogenated alkanes) is 3. The highest BCUT2D eigenvalue weighted by Crippen LogP contribution is 2.30. The molecule has 35 heavy (non-hydrogen) atoms. The van der Waals surface area contributed by atoms with E-state index in [1.54, 1.807) is 38.6 Å². The van der Waals surface area contributed by atoms with E-state index in [-0.39, 0.29) is 5.56 Å². The molecule has 0 unspecified atom stereocenters. The van der Waals surface area contributed by atoms with Crippen molar-refractivity contribution in [2.24, 2.45) is 0 Å². The number of benzene rings is 1. The van der Waals surface area contributed by atoms with Gasteiger partial charge in [0.05, 0.1) is 17.8 Å². The lowest BCUT2D eigenvalue weighted by Crippen LogP contribution is -2.32. The summed E-state index contributed by atoms with van der Waals surface area (Å²) < 4.78 is 13.5. The molecule has 0 aliphatic heterocycles. The van der Waals surface area contributed by atoms with Crippen LogP contribution in [0, 0.1) is 0 Å². The molecule has 0 spiro atoms. The Kier molecular flexibility index (Phi) is 9.51. The van der Waals surface area contributed by atoms with Gasteiger partial charge in [0.1, 0.15) is 5.82 Å². The number of methoxy groups -OCH3 is 2. The van der Waals surface area contributed by atoms with Crippen molar-refractivity contribution in [3.05, 3.63) is 65.5 Å². The summed E-state index contributed by atoms with van der Waals surface area (Å²) >= 11 is 0. The van der Waals surface area contributed by atoms with Gasteiger partial charge in [-0.2, -0.15) is 0 Å². The second-order valence-electron chi connectivity index (χ2n) is 8.62. The number of rotatable bonds is 14. The molecule has 0 atom stereocenters. The van der Waals surface area contributed by atoms with Crippen molar-refractivity contribution in [1.29, 1.82) is 0 Å². The first-order valence-corrected chi connectivity index (χ1v) is 12.3. The maximum atomic E-state index is 11.6. The van der Waals surface area contributed by atoms with E-state index in [0.717, 1.165) is 55.6 Å². The Morgan fingerprint density at radius 2 is 1.77 bits per heavy atom. The van der Waals surface area contributed by atoms with Gasteiger partial charge in [0.15, 0.2) is 0 Å². The smallest absolute Gasteiger partial charge is 0.336 e. The first-order chi connectivity index (χ1) is 17.0. The Bertz CT molecular complexity index is 1090. The zero-order valence-corrected chi connectivity index (χ0v) is 21.2. The third kappa shape index (κ3) is 6.32. The van der Waals surface area contributed by atoms with E-state index >= 15 is 0 Å². The van der Waals surface area contributed by atoms with Crippen LogP contribution >= 0.6 is 0 Å². The number of aryl methyl sites for hydroxylation is 1. The van der Waals surface area contributed by atoms with Crippen LogP contribution in [0.15, 0.2) is 42.6 Å². The van der Waals surface area contributed by atoms with Gasteiger partial charge in [0.2, 0.25) is 11.6 Å². The molecule has 1 aromatic carbocycles. The van der Waals surface area contributed by atoms with Crippen molar-refractivity contribution in [3.63, 3.8) is 0 Å². The number of carboxylic acids is 1. The molecule has 0 fully saturated rings. The summed E-state index contributed by atoms with van der Waals surface area (Å²) in [6, 6.07) is 10.7. The summed E-state index contributed by atoms with van der Waals surface area (Å²) in [5, 5.41) is 14.3. The lowest BCUT2D eigenvalue weighted by Gasteiger charge is -2.27. The standard InChI is InChI=1S/C27H36N4O4/c1-5-7-9-14-24-29-26(27(34-3,35-4)17-8-6-2)30-31(24)19-21-16-15-20(18-28-21)22-12-10-11-13-23(22)25(32)33/h10-13,15-16,18H,5-9,14,17,19H2,1-4H3,(H,32,33). The van der Waals surface area contributed by atoms with Gasteiger partial charge < -0.3 is 14.6 Å². The summed E-state index contributed by atoms with van der Waals surface area (Å²) in [7, 11) is 3.26. The van der Waals surface area contributed by atoms with Gasteiger partial charge in [-0.1, -0.05) is 57.4 Å². The normalized spacial score (nSPS) is 11.7. The second kappa shape index (κ2) is 12.6. The van der Waals surface area contributed by atoms with E-state index in [0.29, 0.717) is 24.4 Å². The summed E-state index contributed by atoms with van der Waals surface area (Å²) in [6.07, 6.45) is 8.40. The average molecular weight is 481 g/mol. The van der Waals surface area contributed by atoms with Gasteiger partial charge >= 0.3 is 5.97 Å². The highest BCUT2D eigenvalue weighted by atomic mass is 16.7. The summed E-state index contributed by atoms with van der Waals surface area (Å²) in [5.41, 5.74) is 2.46. The number of aromatic nitrogens is 4. The molecule has 2 heterocycles. The van der Waals surface area contributed by atoms with Crippen LogP contribution in [0.2, 0.25) is 0 Å². The Balaban J connectivity index is 1.90. The van der Waals surface area contributed by atoms with E-state index in [1.807, 2.05) is 22.9 Å². The molecular formula is C27H36N4O4.